The lowest BCUT2D eigenvalue weighted by atomic mass is 10.1. The Balaban J connectivity index is 1.81. The number of aliphatic imine (C=N–C) groups is 1. The summed E-state index contributed by atoms with van der Waals surface area (Å²) in [5.41, 5.74) is 2.26. The third kappa shape index (κ3) is 5.06. The van der Waals surface area contributed by atoms with Crippen molar-refractivity contribution in [3.8, 4) is 0 Å². The number of hydrogen-bond donors (Lipinski definition) is 2. The molecule has 0 aliphatic heterocycles. The largest absolute Gasteiger partial charge is 0.356 e. The number of aryl methyl sites for hydroxylation is 1. The molecule has 3 nitrogen and oxygen atoms in total. The van der Waals surface area contributed by atoms with Crippen LogP contribution in [0, 0.1) is 18.6 Å². The van der Waals surface area contributed by atoms with Gasteiger partial charge in [-0.3, -0.25) is 4.99 Å². The normalized spacial score (nSPS) is 11.4. The summed E-state index contributed by atoms with van der Waals surface area (Å²) >= 11 is 0. The fraction of sp³-hybridized carbons (Fsp3) is 0.278. The van der Waals surface area contributed by atoms with Crippen LogP contribution in [0.25, 0.3) is 0 Å². The summed E-state index contributed by atoms with van der Waals surface area (Å²) in [7, 11) is 1.67. The number of hydrogen-bond acceptors (Lipinski definition) is 1. The molecule has 0 atom stereocenters. The molecule has 0 amide bonds. The monoisotopic (exact) mass is 317 g/mol. The van der Waals surface area contributed by atoms with Gasteiger partial charge in [0.2, 0.25) is 0 Å². The van der Waals surface area contributed by atoms with E-state index in [1.54, 1.807) is 38.2 Å². The number of guanidine groups is 1. The molecular formula is C18H21F2N3. The van der Waals surface area contributed by atoms with Crippen molar-refractivity contribution in [3.63, 3.8) is 0 Å². The summed E-state index contributed by atoms with van der Waals surface area (Å²) in [5, 5.41) is 6.30. The van der Waals surface area contributed by atoms with Gasteiger partial charge in [-0.1, -0.05) is 30.3 Å². The van der Waals surface area contributed by atoms with E-state index in [-0.39, 0.29) is 11.6 Å². The van der Waals surface area contributed by atoms with Crippen molar-refractivity contribution >= 4 is 5.96 Å². The Kier molecular flexibility index (Phi) is 6.09. The molecule has 23 heavy (non-hydrogen) atoms. The second-order valence-corrected chi connectivity index (χ2v) is 5.28. The lowest BCUT2D eigenvalue weighted by Gasteiger charge is -2.12. The van der Waals surface area contributed by atoms with Gasteiger partial charge in [-0.2, -0.15) is 0 Å². The zero-order valence-electron chi connectivity index (χ0n) is 13.4. The van der Waals surface area contributed by atoms with Crippen molar-refractivity contribution in [3.05, 3.63) is 70.8 Å². The minimum atomic E-state index is -0.207. The van der Waals surface area contributed by atoms with Gasteiger partial charge in [-0.15, -0.1) is 0 Å². The highest BCUT2D eigenvalue weighted by Crippen LogP contribution is 2.09. The first-order valence-electron chi connectivity index (χ1n) is 7.53. The molecule has 0 saturated heterocycles. The molecule has 5 heteroatoms. The quantitative estimate of drug-likeness (QED) is 0.656. The first kappa shape index (κ1) is 16.9. The molecule has 2 aromatic rings. The molecule has 0 spiro atoms. The maximum absolute atomic E-state index is 13.5. The van der Waals surface area contributed by atoms with Crippen molar-refractivity contribution in [1.82, 2.24) is 10.6 Å². The maximum Gasteiger partial charge on any atom is 0.191 e. The van der Waals surface area contributed by atoms with E-state index in [1.807, 2.05) is 6.07 Å². The van der Waals surface area contributed by atoms with Crippen molar-refractivity contribution in [2.24, 2.45) is 4.99 Å². The Morgan fingerprint density at radius 2 is 1.83 bits per heavy atom. The van der Waals surface area contributed by atoms with Crippen molar-refractivity contribution < 1.29 is 8.78 Å². The summed E-state index contributed by atoms with van der Waals surface area (Å²) in [5.74, 6) is 0.225. The molecule has 122 valence electrons. The molecule has 0 aliphatic rings. The number of halogens is 2. The van der Waals surface area contributed by atoms with Crippen LogP contribution in [0.4, 0.5) is 8.78 Å². The third-order valence-corrected chi connectivity index (χ3v) is 3.55. The van der Waals surface area contributed by atoms with E-state index in [9.17, 15) is 8.78 Å². The van der Waals surface area contributed by atoms with E-state index < -0.39 is 0 Å². The van der Waals surface area contributed by atoms with Crippen LogP contribution >= 0.6 is 0 Å². The predicted molar refractivity (Wildman–Crippen MR) is 89.4 cm³/mol. The Bertz CT molecular complexity index is 684. The summed E-state index contributed by atoms with van der Waals surface area (Å²) < 4.78 is 26.8. The van der Waals surface area contributed by atoms with Crippen LogP contribution in [-0.2, 0) is 13.0 Å². The minimum absolute atomic E-state index is 0.195. The second-order valence-electron chi connectivity index (χ2n) is 5.28. The highest BCUT2D eigenvalue weighted by Gasteiger charge is 2.03. The van der Waals surface area contributed by atoms with Gasteiger partial charge in [0.25, 0.3) is 0 Å². The number of nitrogens with one attached hydrogen (secondary N) is 2. The summed E-state index contributed by atoms with van der Waals surface area (Å²) in [6, 6.07) is 11.7. The molecule has 2 aromatic carbocycles. The summed E-state index contributed by atoms with van der Waals surface area (Å²) in [6.07, 6.45) is 0.572. The van der Waals surface area contributed by atoms with Crippen molar-refractivity contribution in [2.45, 2.75) is 19.9 Å². The highest BCUT2D eigenvalue weighted by molar-refractivity contribution is 5.79. The first-order chi connectivity index (χ1) is 11.1. The zero-order valence-corrected chi connectivity index (χ0v) is 13.4. The van der Waals surface area contributed by atoms with Gasteiger partial charge in [-0.05, 0) is 42.2 Å². The van der Waals surface area contributed by atoms with Gasteiger partial charge in [0.15, 0.2) is 5.96 Å². The van der Waals surface area contributed by atoms with Gasteiger partial charge in [0.1, 0.15) is 11.6 Å². The van der Waals surface area contributed by atoms with Gasteiger partial charge in [-0.25, -0.2) is 8.78 Å². The number of nitrogens with zero attached hydrogens (tertiary/aromatic N) is 1. The van der Waals surface area contributed by atoms with Crippen LogP contribution in [0.1, 0.15) is 16.7 Å². The highest BCUT2D eigenvalue weighted by atomic mass is 19.1. The average molecular weight is 317 g/mol. The molecule has 0 bridgehead atoms. The van der Waals surface area contributed by atoms with E-state index in [0.29, 0.717) is 36.6 Å². The van der Waals surface area contributed by atoms with Crippen LogP contribution in [-0.4, -0.2) is 19.6 Å². The van der Waals surface area contributed by atoms with Crippen LogP contribution in [0.15, 0.2) is 47.5 Å². The third-order valence-electron chi connectivity index (χ3n) is 3.55. The standard InChI is InChI=1S/C18H21F2N3/c1-13-11-14(7-8-16(13)19)12-23-18(21-2)22-10-9-15-5-3-4-6-17(15)20/h3-8,11H,9-10,12H2,1-2H3,(H2,21,22,23). The molecule has 2 rings (SSSR count). The van der Waals surface area contributed by atoms with E-state index in [1.165, 1.54) is 12.1 Å². The van der Waals surface area contributed by atoms with Crippen LogP contribution in [0.5, 0.6) is 0 Å². The van der Waals surface area contributed by atoms with E-state index in [4.69, 9.17) is 0 Å². The lowest BCUT2D eigenvalue weighted by molar-refractivity contribution is 0.606. The molecule has 2 N–H and O–H groups in total. The van der Waals surface area contributed by atoms with Gasteiger partial charge in [0.05, 0.1) is 0 Å². The van der Waals surface area contributed by atoms with Gasteiger partial charge in [0, 0.05) is 20.1 Å². The summed E-state index contributed by atoms with van der Waals surface area (Å²) in [4.78, 5) is 4.12. The second kappa shape index (κ2) is 8.27. The van der Waals surface area contributed by atoms with Crippen molar-refractivity contribution in [1.29, 1.82) is 0 Å². The molecule has 0 heterocycles. The molecule has 0 aliphatic carbocycles. The number of benzene rings is 2. The smallest absolute Gasteiger partial charge is 0.191 e. The Hall–Kier alpha value is -2.43. The zero-order chi connectivity index (χ0) is 16.7. The number of rotatable bonds is 5. The van der Waals surface area contributed by atoms with E-state index >= 15 is 0 Å². The van der Waals surface area contributed by atoms with E-state index in [2.05, 4.69) is 15.6 Å². The molecule has 0 saturated carbocycles. The Morgan fingerprint density at radius 1 is 1.04 bits per heavy atom. The topological polar surface area (TPSA) is 36.4 Å². The lowest BCUT2D eigenvalue weighted by Crippen LogP contribution is -2.37. The Morgan fingerprint density at radius 3 is 2.52 bits per heavy atom. The average Bonchev–Trinajstić information content (AvgIpc) is 2.55. The van der Waals surface area contributed by atoms with E-state index in [0.717, 1.165) is 5.56 Å². The van der Waals surface area contributed by atoms with Gasteiger partial charge < -0.3 is 10.6 Å². The van der Waals surface area contributed by atoms with Crippen LogP contribution in [0.2, 0.25) is 0 Å². The Labute approximate surface area is 135 Å². The molecule has 0 aromatic heterocycles. The maximum atomic E-state index is 13.5. The predicted octanol–water partition coefficient (Wildman–Crippen LogP) is 3.18. The fourth-order valence-electron chi connectivity index (χ4n) is 2.24. The van der Waals surface area contributed by atoms with Crippen molar-refractivity contribution in [2.75, 3.05) is 13.6 Å². The van der Waals surface area contributed by atoms with Gasteiger partial charge >= 0.3 is 0 Å². The molecular weight excluding hydrogens is 296 g/mol. The molecule has 0 unspecified atom stereocenters. The SMILES string of the molecule is CN=C(NCCc1ccccc1F)NCc1ccc(F)c(C)c1. The van der Waals surface area contributed by atoms with Crippen LogP contribution < -0.4 is 10.6 Å². The van der Waals surface area contributed by atoms with Crippen LogP contribution in [0.3, 0.4) is 0 Å². The fourth-order valence-corrected chi connectivity index (χ4v) is 2.24. The molecule has 0 radical (unpaired) electrons. The minimum Gasteiger partial charge on any atom is -0.356 e. The first-order valence-corrected chi connectivity index (χ1v) is 7.53. The summed E-state index contributed by atoms with van der Waals surface area (Å²) in [6.45, 7) is 2.85. The molecule has 0 fully saturated rings.